The molecule has 0 bridgehead atoms. The summed E-state index contributed by atoms with van der Waals surface area (Å²) in [7, 11) is 0. The van der Waals surface area contributed by atoms with Crippen molar-refractivity contribution in [1.29, 1.82) is 0 Å². The van der Waals surface area contributed by atoms with Gasteiger partial charge in [-0.3, -0.25) is 0 Å². The quantitative estimate of drug-likeness (QED) is 0.837. The van der Waals surface area contributed by atoms with Gasteiger partial charge in [-0.2, -0.15) is 0 Å². The summed E-state index contributed by atoms with van der Waals surface area (Å²) in [6.07, 6.45) is 5.88. The van der Waals surface area contributed by atoms with Gasteiger partial charge in [0.05, 0.1) is 6.10 Å². The Morgan fingerprint density at radius 3 is 2.47 bits per heavy atom. The second kappa shape index (κ2) is 5.34. The first kappa shape index (κ1) is 12.7. The summed E-state index contributed by atoms with van der Waals surface area (Å²) >= 11 is 0. The van der Waals surface area contributed by atoms with Crippen molar-refractivity contribution >= 4 is 10.8 Å². The Kier molecular flexibility index (Phi) is 3.56. The van der Waals surface area contributed by atoms with Gasteiger partial charge in [-0.15, -0.1) is 0 Å². The number of benzene rings is 2. The van der Waals surface area contributed by atoms with Crippen molar-refractivity contribution in [2.24, 2.45) is 5.92 Å². The predicted octanol–water partition coefficient (Wildman–Crippen LogP) is 4.76. The SMILES string of the molecule is Cc1ccc(C(O)CC2CCCC2)c2ccccc12. The van der Waals surface area contributed by atoms with Gasteiger partial charge in [0.25, 0.3) is 0 Å². The molecular formula is C18H22O. The van der Waals surface area contributed by atoms with E-state index in [-0.39, 0.29) is 6.10 Å². The molecule has 0 heterocycles. The summed E-state index contributed by atoms with van der Waals surface area (Å²) in [5.41, 5.74) is 2.39. The lowest BCUT2D eigenvalue weighted by Gasteiger charge is -2.18. The molecule has 19 heavy (non-hydrogen) atoms. The van der Waals surface area contributed by atoms with Crippen molar-refractivity contribution < 1.29 is 5.11 Å². The first-order valence-electron chi connectivity index (χ1n) is 7.42. The molecule has 1 nitrogen and oxygen atoms in total. The summed E-state index contributed by atoms with van der Waals surface area (Å²) in [5.74, 6) is 0.718. The average Bonchev–Trinajstić information content (AvgIpc) is 2.92. The van der Waals surface area contributed by atoms with Crippen molar-refractivity contribution in [3.05, 3.63) is 47.5 Å². The summed E-state index contributed by atoms with van der Waals surface area (Å²) in [4.78, 5) is 0. The van der Waals surface area contributed by atoms with Crippen LogP contribution in [0.25, 0.3) is 10.8 Å². The smallest absolute Gasteiger partial charge is 0.0798 e. The Hall–Kier alpha value is -1.34. The summed E-state index contributed by atoms with van der Waals surface area (Å²) in [5, 5.41) is 13.1. The van der Waals surface area contributed by atoms with E-state index in [1.54, 1.807) is 0 Å². The average molecular weight is 254 g/mol. The lowest BCUT2D eigenvalue weighted by Crippen LogP contribution is -2.05. The van der Waals surface area contributed by atoms with Crippen LogP contribution in [0.15, 0.2) is 36.4 Å². The zero-order valence-corrected chi connectivity index (χ0v) is 11.6. The minimum atomic E-state index is -0.311. The van der Waals surface area contributed by atoms with E-state index in [0.29, 0.717) is 0 Å². The lowest BCUT2D eigenvalue weighted by molar-refractivity contribution is 0.146. The van der Waals surface area contributed by atoms with Crippen molar-refractivity contribution in [1.82, 2.24) is 0 Å². The van der Waals surface area contributed by atoms with Crippen molar-refractivity contribution in [2.45, 2.75) is 45.1 Å². The maximum Gasteiger partial charge on any atom is 0.0798 e. The van der Waals surface area contributed by atoms with E-state index in [9.17, 15) is 5.11 Å². The molecule has 1 aliphatic rings. The van der Waals surface area contributed by atoms with Gasteiger partial charge in [0.1, 0.15) is 0 Å². The zero-order chi connectivity index (χ0) is 13.2. The molecule has 0 spiro atoms. The minimum absolute atomic E-state index is 0.311. The van der Waals surface area contributed by atoms with Crippen molar-refractivity contribution in [2.75, 3.05) is 0 Å². The summed E-state index contributed by atoms with van der Waals surface area (Å²) in [6, 6.07) is 12.7. The van der Waals surface area contributed by atoms with E-state index in [4.69, 9.17) is 0 Å². The van der Waals surface area contributed by atoms with Gasteiger partial charge in [0.15, 0.2) is 0 Å². The second-order valence-electron chi connectivity index (χ2n) is 5.92. The van der Waals surface area contributed by atoms with Crippen LogP contribution in [0, 0.1) is 12.8 Å². The molecule has 1 atom stereocenters. The minimum Gasteiger partial charge on any atom is -0.388 e. The Morgan fingerprint density at radius 2 is 1.74 bits per heavy atom. The van der Waals surface area contributed by atoms with E-state index >= 15 is 0 Å². The highest BCUT2D eigenvalue weighted by atomic mass is 16.3. The Morgan fingerprint density at radius 1 is 1.05 bits per heavy atom. The molecule has 0 amide bonds. The Labute approximate surface area is 115 Å². The molecule has 100 valence electrons. The van der Waals surface area contributed by atoms with E-state index in [1.165, 1.54) is 42.0 Å². The fourth-order valence-electron chi connectivity index (χ4n) is 3.45. The molecule has 1 aliphatic carbocycles. The van der Waals surface area contributed by atoms with E-state index in [1.807, 2.05) is 0 Å². The first-order chi connectivity index (χ1) is 9.25. The number of hydrogen-bond acceptors (Lipinski definition) is 1. The number of hydrogen-bond donors (Lipinski definition) is 1. The molecule has 0 aromatic heterocycles. The third kappa shape index (κ3) is 2.52. The van der Waals surface area contributed by atoms with Gasteiger partial charge in [0.2, 0.25) is 0 Å². The molecule has 2 aromatic rings. The lowest BCUT2D eigenvalue weighted by atomic mass is 9.91. The molecule has 3 rings (SSSR count). The third-order valence-electron chi connectivity index (χ3n) is 4.57. The largest absolute Gasteiger partial charge is 0.388 e. The van der Waals surface area contributed by atoms with Gasteiger partial charge in [-0.25, -0.2) is 0 Å². The number of aryl methyl sites for hydroxylation is 1. The summed E-state index contributed by atoms with van der Waals surface area (Å²) in [6.45, 7) is 2.13. The van der Waals surface area contributed by atoms with Gasteiger partial charge in [-0.1, -0.05) is 62.1 Å². The van der Waals surface area contributed by atoms with Gasteiger partial charge in [-0.05, 0) is 41.2 Å². The molecule has 0 aliphatic heterocycles. The van der Waals surface area contributed by atoms with Crippen LogP contribution in [0.5, 0.6) is 0 Å². The highest BCUT2D eigenvalue weighted by molar-refractivity contribution is 5.88. The molecule has 1 heteroatoms. The van der Waals surface area contributed by atoms with Gasteiger partial charge >= 0.3 is 0 Å². The van der Waals surface area contributed by atoms with Gasteiger partial charge < -0.3 is 5.11 Å². The highest BCUT2D eigenvalue weighted by Crippen LogP contribution is 2.35. The zero-order valence-electron chi connectivity index (χ0n) is 11.6. The maximum absolute atomic E-state index is 10.6. The Balaban J connectivity index is 1.93. The monoisotopic (exact) mass is 254 g/mol. The van der Waals surface area contributed by atoms with Crippen molar-refractivity contribution in [3.8, 4) is 0 Å². The third-order valence-corrected chi connectivity index (χ3v) is 4.57. The topological polar surface area (TPSA) is 20.2 Å². The van der Waals surface area contributed by atoms with E-state index in [2.05, 4.69) is 43.3 Å². The fraction of sp³-hybridized carbons (Fsp3) is 0.444. The van der Waals surface area contributed by atoms with E-state index < -0.39 is 0 Å². The molecule has 0 saturated heterocycles. The molecule has 1 fully saturated rings. The normalized spacial score (nSPS) is 18.0. The van der Waals surface area contributed by atoms with Crippen LogP contribution in [0.2, 0.25) is 0 Å². The van der Waals surface area contributed by atoms with E-state index in [0.717, 1.165) is 17.9 Å². The molecule has 2 aromatic carbocycles. The fourth-order valence-corrected chi connectivity index (χ4v) is 3.45. The number of rotatable bonds is 3. The van der Waals surface area contributed by atoms with Crippen LogP contribution < -0.4 is 0 Å². The molecular weight excluding hydrogens is 232 g/mol. The van der Waals surface area contributed by atoms with Crippen LogP contribution >= 0.6 is 0 Å². The highest BCUT2D eigenvalue weighted by Gasteiger charge is 2.21. The molecule has 0 radical (unpaired) electrons. The predicted molar refractivity (Wildman–Crippen MR) is 80.2 cm³/mol. The number of fused-ring (bicyclic) bond motifs is 1. The molecule has 1 N–H and O–H groups in total. The first-order valence-corrected chi connectivity index (χ1v) is 7.42. The van der Waals surface area contributed by atoms with Crippen LogP contribution in [0.1, 0.15) is 49.3 Å². The molecule has 1 unspecified atom stereocenters. The maximum atomic E-state index is 10.6. The molecule has 1 saturated carbocycles. The Bertz CT molecular complexity index is 567. The van der Waals surface area contributed by atoms with Crippen LogP contribution in [-0.2, 0) is 0 Å². The van der Waals surface area contributed by atoms with Gasteiger partial charge in [0, 0.05) is 0 Å². The van der Waals surface area contributed by atoms with Crippen LogP contribution in [0.3, 0.4) is 0 Å². The standard InChI is InChI=1S/C18H22O/c1-13-10-11-17(16-9-5-4-8-15(13)16)18(19)12-14-6-2-3-7-14/h4-5,8-11,14,18-19H,2-3,6-7,12H2,1H3. The number of aliphatic hydroxyl groups is 1. The number of aliphatic hydroxyl groups excluding tert-OH is 1. The summed E-state index contributed by atoms with van der Waals surface area (Å²) < 4.78 is 0. The van der Waals surface area contributed by atoms with Crippen LogP contribution in [0.4, 0.5) is 0 Å². The second-order valence-corrected chi connectivity index (χ2v) is 5.92. The van der Waals surface area contributed by atoms with Crippen molar-refractivity contribution in [3.63, 3.8) is 0 Å². The van der Waals surface area contributed by atoms with Crippen LogP contribution in [-0.4, -0.2) is 5.11 Å².